The molecule has 88 valence electrons. The number of nitrogens with two attached hydrogens (primary N) is 1. The van der Waals surface area contributed by atoms with Crippen LogP contribution in [0, 0.1) is 0 Å². The first-order valence-electron chi connectivity index (χ1n) is 5.31. The smallest absolute Gasteiger partial charge is 0.351 e. The topological polar surface area (TPSA) is 90.4 Å². The molecule has 0 aromatic carbocycles. The first-order chi connectivity index (χ1) is 7.70. The summed E-state index contributed by atoms with van der Waals surface area (Å²) in [6, 6.07) is 1.57. The summed E-state index contributed by atoms with van der Waals surface area (Å²) >= 11 is 0. The van der Waals surface area contributed by atoms with Crippen LogP contribution in [-0.4, -0.2) is 27.4 Å². The molecule has 1 saturated heterocycles. The van der Waals surface area contributed by atoms with E-state index in [9.17, 15) is 4.79 Å². The molecule has 2 rings (SSSR count). The first kappa shape index (κ1) is 11.1. The fourth-order valence-electron chi connectivity index (χ4n) is 1.89. The fraction of sp³-hybridized carbons (Fsp3) is 0.600. The van der Waals surface area contributed by atoms with Crippen LogP contribution in [0.1, 0.15) is 25.5 Å². The molecule has 6 heteroatoms. The number of nitrogens with zero attached hydrogens (tertiary/aromatic N) is 2. The van der Waals surface area contributed by atoms with Crippen LogP contribution in [-0.2, 0) is 4.74 Å². The lowest BCUT2D eigenvalue weighted by atomic mass is 10.2. The highest BCUT2D eigenvalue weighted by atomic mass is 16.5. The highest BCUT2D eigenvalue weighted by Gasteiger charge is 2.26. The number of aliphatic hydroxyl groups is 1. The Morgan fingerprint density at radius 1 is 1.62 bits per heavy atom. The van der Waals surface area contributed by atoms with Crippen LogP contribution < -0.4 is 11.4 Å². The maximum Gasteiger partial charge on any atom is 0.351 e. The number of hydrogen-bond acceptors (Lipinski definition) is 5. The van der Waals surface area contributed by atoms with E-state index in [2.05, 4.69) is 4.98 Å². The van der Waals surface area contributed by atoms with Crippen molar-refractivity contribution in [2.24, 2.45) is 0 Å². The summed E-state index contributed by atoms with van der Waals surface area (Å²) in [6.07, 6.45) is 3.55. The van der Waals surface area contributed by atoms with Gasteiger partial charge in [-0.3, -0.25) is 4.57 Å². The van der Waals surface area contributed by atoms with E-state index in [4.69, 9.17) is 15.6 Å². The Hall–Kier alpha value is -1.40. The highest BCUT2D eigenvalue weighted by Crippen LogP contribution is 2.28. The molecule has 2 heterocycles. The van der Waals surface area contributed by atoms with Crippen LogP contribution >= 0.6 is 0 Å². The molecule has 0 radical (unpaired) electrons. The van der Waals surface area contributed by atoms with Crippen molar-refractivity contribution in [2.75, 3.05) is 12.3 Å². The van der Waals surface area contributed by atoms with E-state index < -0.39 is 5.69 Å². The molecular formula is C10H15N3O3. The molecule has 0 aliphatic carbocycles. The van der Waals surface area contributed by atoms with Gasteiger partial charge in [-0.15, -0.1) is 0 Å². The monoisotopic (exact) mass is 225 g/mol. The number of rotatable bonds is 3. The molecule has 1 aliphatic rings. The van der Waals surface area contributed by atoms with Gasteiger partial charge in [0, 0.05) is 12.8 Å². The van der Waals surface area contributed by atoms with Crippen LogP contribution in [0.5, 0.6) is 0 Å². The van der Waals surface area contributed by atoms with Crippen LogP contribution in [0.15, 0.2) is 17.1 Å². The van der Waals surface area contributed by atoms with E-state index in [1.165, 1.54) is 4.57 Å². The molecule has 2 atom stereocenters. The standard InChI is InChI=1S/C10H15N3O3/c11-8-3-5-13(10(15)12-8)9-2-1-7(16-9)4-6-14/h3,5,7,9,14H,1-2,4,6H2,(H2,11,12,15)/t7?,9-/m1/s1. The number of ether oxygens (including phenoxy) is 1. The number of nitrogen functional groups attached to an aromatic ring is 1. The van der Waals surface area contributed by atoms with Gasteiger partial charge in [-0.1, -0.05) is 0 Å². The van der Waals surface area contributed by atoms with E-state index in [0.717, 1.165) is 12.8 Å². The molecule has 1 fully saturated rings. The van der Waals surface area contributed by atoms with Gasteiger partial charge in [0.05, 0.1) is 6.10 Å². The molecule has 6 nitrogen and oxygen atoms in total. The van der Waals surface area contributed by atoms with E-state index in [0.29, 0.717) is 6.42 Å². The Labute approximate surface area is 92.7 Å². The predicted molar refractivity (Wildman–Crippen MR) is 57.8 cm³/mol. The summed E-state index contributed by atoms with van der Waals surface area (Å²) in [6.45, 7) is 0.103. The Kier molecular flexibility index (Phi) is 3.21. The second kappa shape index (κ2) is 4.63. The van der Waals surface area contributed by atoms with Crippen molar-refractivity contribution >= 4 is 5.82 Å². The summed E-state index contributed by atoms with van der Waals surface area (Å²) in [5, 5.41) is 8.80. The van der Waals surface area contributed by atoms with Crippen LogP contribution in [0.4, 0.5) is 5.82 Å². The van der Waals surface area contributed by atoms with E-state index >= 15 is 0 Å². The molecule has 1 aromatic rings. The normalized spacial score (nSPS) is 24.8. The third-order valence-corrected chi connectivity index (χ3v) is 2.70. The predicted octanol–water partition coefficient (Wildman–Crippen LogP) is -0.115. The van der Waals surface area contributed by atoms with Crippen molar-refractivity contribution in [1.82, 2.24) is 9.55 Å². The van der Waals surface area contributed by atoms with Gasteiger partial charge in [0.1, 0.15) is 12.0 Å². The molecule has 0 saturated carbocycles. The van der Waals surface area contributed by atoms with Crippen molar-refractivity contribution in [1.29, 1.82) is 0 Å². The molecule has 1 aliphatic heterocycles. The largest absolute Gasteiger partial charge is 0.396 e. The van der Waals surface area contributed by atoms with E-state index in [1.807, 2.05) is 0 Å². The highest BCUT2D eigenvalue weighted by molar-refractivity contribution is 5.23. The fourth-order valence-corrected chi connectivity index (χ4v) is 1.89. The Morgan fingerprint density at radius 3 is 3.12 bits per heavy atom. The van der Waals surface area contributed by atoms with Gasteiger partial charge in [0.25, 0.3) is 0 Å². The number of anilines is 1. The van der Waals surface area contributed by atoms with Gasteiger partial charge in [0.2, 0.25) is 0 Å². The second-order valence-corrected chi connectivity index (χ2v) is 3.84. The van der Waals surface area contributed by atoms with Crippen molar-refractivity contribution in [3.8, 4) is 0 Å². The van der Waals surface area contributed by atoms with Crippen molar-refractivity contribution < 1.29 is 9.84 Å². The number of aliphatic hydroxyl groups excluding tert-OH is 1. The third kappa shape index (κ3) is 2.23. The molecule has 1 unspecified atom stereocenters. The Bertz CT molecular complexity index is 418. The lowest BCUT2D eigenvalue weighted by Gasteiger charge is -2.14. The lowest BCUT2D eigenvalue weighted by Crippen LogP contribution is -2.27. The van der Waals surface area contributed by atoms with Gasteiger partial charge in [-0.2, -0.15) is 4.98 Å². The van der Waals surface area contributed by atoms with Crippen LogP contribution in [0.2, 0.25) is 0 Å². The maximum atomic E-state index is 11.5. The number of aromatic nitrogens is 2. The molecule has 16 heavy (non-hydrogen) atoms. The lowest BCUT2D eigenvalue weighted by molar-refractivity contribution is -0.0101. The second-order valence-electron chi connectivity index (χ2n) is 3.84. The van der Waals surface area contributed by atoms with Gasteiger partial charge in [-0.25, -0.2) is 4.79 Å². The summed E-state index contributed by atoms with van der Waals surface area (Å²) in [5.74, 6) is 0.214. The quantitative estimate of drug-likeness (QED) is 0.748. The molecule has 0 amide bonds. The zero-order valence-electron chi connectivity index (χ0n) is 8.87. The summed E-state index contributed by atoms with van der Waals surface area (Å²) in [7, 11) is 0. The molecule has 1 aromatic heterocycles. The minimum Gasteiger partial charge on any atom is -0.396 e. The van der Waals surface area contributed by atoms with Gasteiger partial charge in [-0.05, 0) is 25.3 Å². The molecule has 3 N–H and O–H groups in total. The average molecular weight is 225 g/mol. The van der Waals surface area contributed by atoms with Crippen LogP contribution in [0.3, 0.4) is 0 Å². The average Bonchev–Trinajstić information content (AvgIpc) is 2.67. The summed E-state index contributed by atoms with van der Waals surface area (Å²) in [5.41, 5.74) is 5.01. The molecule has 0 spiro atoms. The van der Waals surface area contributed by atoms with Gasteiger partial charge < -0.3 is 15.6 Å². The van der Waals surface area contributed by atoms with Gasteiger partial charge >= 0.3 is 5.69 Å². The summed E-state index contributed by atoms with van der Waals surface area (Å²) < 4.78 is 7.07. The Morgan fingerprint density at radius 2 is 2.44 bits per heavy atom. The number of hydrogen-bond donors (Lipinski definition) is 2. The molecular weight excluding hydrogens is 210 g/mol. The van der Waals surface area contributed by atoms with E-state index in [-0.39, 0.29) is 24.8 Å². The van der Waals surface area contributed by atoms with Crippen molar-refractivity contribution in [2.45, 2.75) is 31.6 Å². The zero-order chi connectivity index (χ0) is 11.5. The minimum atomic E-state index is -0.394. The van der Waals surface area contributed by atoms with Gasteiger partial charge in [0.15, 0.2) is 0 Å². The molecule has 0 bridgehead atoms. The SMILES string of the molecule is Nc1ccn([C@H]2CCC(CCO)O2)c(=O)n1. The van der Waals surface area contributed by atoms with Crippen LogP contribution in [0.25, 0.3) is 0 Å². The Balaban J connectivity index is 2.11. The first-order valence-corrected chi connectivity index (χ1v) is 5.31. The third-order valence-electron chi connectivity index (χ3n) is 2.70. The maximum absolute atomic E-state index is 11.5. The van der Waals surface area contributed by atoms with Crippen molar-refractivity contribution in [3.63, 3.8) is 0 Å². The van der Waals surface area contributed by atoms with E-state index in [1.54, 1.807) is 12.3 Å². The summed E-state index contributed by atoms with van der Waals surface area (Å²) in [4.78, 5) is 15.2. The van der Waals surface area contributed by atoms with Crippen molar-refractivity contribution in [3.05, 3.63) is 22.7 Å². The minimum absolute atomic E-state index is 0.0273. The zero-order valence-corrected chi connectivity index (χ0v) is 8.87.